The topological polar surface area (TPSA) is 72.0 Å². The van der Waals surface area contributed by atoms with Crippen LogP contribution in [0.1, 0.15) is 24.5 Å². The van der Waals surface area contributed by atoms with Crippen molar-refractivity contribution in [2.24, 2.45) is 0 Å². The van der Waals surface area contributed by atoms with Crippen molar-refractivity contribution < 1.29 is 4.74 Å². The maximum Gasteiger partial charge on any atom is 0.156 e. The second-order valence-corrected chi connectivity index (χ2v) is 8.92. The van der Waals surface area contributed by atoms with E-state index in [1.165, 1.54) is 20.7 Å². The van der Waals surface area contributed by atoms with Crippen LogP contribution in [-0.4, -0.2) is 34.1 Å². The Kier molecular flexibility index (Phi) is 5.28. The van der Waals surface area contributed by atoms with Gasteiger partial charge in [0.05, 0.1) is 22.6 Å². The van der Waals surface area contributed by atoms with E-state index in [0.29, 0.717) is 35.9 Å². The summed E-state index contributed by atoms with van der Waals surface area (Å²) in [6.07, 6.45) is 0. The number of fused-ring (bicyclic) bond motifs is 5. The number of thiophene rings is 1. The Balaban J connectivity index is 1.60. The van der Waals surface area contributed by atoms with Crippen LogP contribution in [0.5, 0.6) is 0 Å². The first-order valence-electron chi connectivity index (χ1n) is 10.1. The van der Waals surface area contributed by atoms with Crippen molar-refractivity contribution in [3.63, 3.8) is 0 Å². The number of rotatable bonds is 4. The monoisotopic (exact) mass is 439 g/mol. The molecule has 3 aromatic heterocycles. The Labute approximate surface area is 183 Å². The number of anilines is 1. The van der Waals surface area contributed by atoms with E-state index < -0.39 is 0 Å². The van der Waals surface area contributed by atoms with Gasteiger partial charge in [-0.15, -0.1) is 11.3 Å². The highest BCUT2D eigenvalue weighted by atomic mass is 35.5. The number of aromatic nitrogens is 3. The number of nitrogens with zero attached hydrogens (tertiary/aromatic N) is 3. The third-order valence-electron chi connectivity index (χ3n) is 5.23. The van der Waals surface area contributed by atoms with Gasteiger partial charge in [-0.1, -0.05) is 11.6 Å². The van der Waals surface area contributed by atoms with Crippen molar-refractivity contribution >= 4 is 49.6 Å². The van der Waals surface area contributed by atoms with E-state index >= 15 is 0 Å². The SMILES string of the molecule is CCOCc1nc(Cl)cc(-c2ccc3c(ccc4sc5c(c43)NC[C@@H](C)NC5)n2)n1. The molecule has 1 aromatic carbocycles. The van der Waals surface area contributed by atoms with Crippen molar-refractivity contribution in [3.8, 4) is 11.4 Å². The molecule has 2 N–H and O–H groups in total. The Morgan fingerprint density at radius 1 is 1.17 bits per heavy atom. The van der Waals surface area contributed by atoms with Crippen LogP contribution in [0, 0.1) is 0 Å². The quantitative estimate of drug-likeness (QED) is 0.436. The molecule has 0 unspecified atom stereocenters. The number of hydrogen-bond acceptors (Lipinski definition) is 7. The lowest BCUT2D eigenvalue weighted by molar-refractivity contribution is 0.128. The van der Waals surface area contributed by atoms with E-state index in [2.05, 4.69) is 45.7 Å². The maximum atomic E-state index is 6.22. The average Bonchev–Trinajstić information content (AvgIpc) is 3.02. The lowest BCUT2D eigenvalue weighted by Gasteiger charge is -2.10. The molecule has 5 rings (SSSR count). The molecular weight excluding hydrogens is 418 g/mol. The molecule has 0 saturated heterocycles. The van der Waals surface area contributed by atoms with Crippen LogP contribution in [0.4, 0.5) is 5.69 Å². The average molecular weight is 440 g/mol. The molecule has 0 bridgehead atoms. The van der Waals surface area contributed by atoms with E-state index in [9.17, 15) is 0 Å². The minimum atomic E-state index is 0.331. The number of nitrogens with one attached hydrogen (secondary N) is 2. The van der Waals surface area contributed by atoms with Gasteiger partial charge in [0.25, 0.3) is 0 Å². The second-order valence-electron chi connectivity index (χ2n) is 7.39. The molecule has 0 saturated carbocycles. The molecule has 0 aliphatic carbocycles. The zero-order valence-electron chi connectivity index (χ0n) is 16.8. The largest absolute Gasteiger partial charge is 0.382 e. The van der Waals surface area contributed by atoms with Crippen molar-refractivity contribution in [1.29, 1.82) is 0 Å². The van der Waals surface area contributed by atoms with E-state index in [1.54, 1.807) is 6.07 Å². The molecular formula is C22H22ClN5OS. The summed E-state index contributed by atoms with van der Waals surface area (Å²) in [4.78, 5) is 15.1. The highest BCUT2D eigenvalue weighted by molar-refractivity contribution is 7.20. The molecule has 0 amide bonds. The van der Waals surface area contributed by atoms with Crippen LogP contribution in [0.25, 0.3) is 32.4 Å². The predicted molar refractivity (Wildman–Crippen MR) is 123 cm³/mol. The normalized spacial score (nSPS) is 16.4. The standard InChI is InChI=1S/C22H22ClN5OS/c1-3-29-11-20-27-16(8-19(23)28-20)15-5-4-13-14(26-15)6-7-17-21(13)22-18(30-17)10-24-12(2)9-25-22/h4-8,12,24-25H,3,9-11H2,1-2H3/t12-/m1/s1. The highest BCUT2D eigenvalue weighted by Gasteiger charge is 2.19. The zero-order chi connectivity index (χ0) is 20.7. The summed E-state index contributed by atoms with van der Waals surface area (Å²) in [5.41, 5.74) is 3.64. The first-order valence-corrected chi connectivity index (χ1v) is 11.3. The number of hydrogen-bond donors (Lipinski definition) is 2. The van der Waals surface area contributed by atoms with Gasteiger partial charge in [-0.25, -0.2) is 15.0 Å². The summed E-state index contributed by atoms with van der Waals surface area (Å²) in [5, 5.41) is 9.98. The highest BCUT2D eigenvalue weighted by Crippen LogP contribution is 2.41. The predicted octanol–water partition coefficient (Wildman–Crippen LogP) is 5.00. The molecule has 1 aliphatic rings. The Bertz CT molecular complexity index is 1240. The Morgan fingerprint density at radius 3 is 2.93 bits per heavy atom. The number of benzene rings is 1. The van der Waals surface area contributed by atoms with Gasteiger partial charge in [0.15, 0.2) is 5.82 Å². The van der Waals surface area contributed by atoms with E-state index in [1.807, 2.05) is 24.3 Å². The lowest BCUT2D eigenvalue weighted by atomic mass is 10.1. The second kappa shape index (κ2) is 8.07. The van der Waals surface area contributed by atoms with Gasteiger partial charge in [0.2, 0.25) is 0 Å². The molecule has 154 valence electrons. The molecule has 0 radical (unpaired) electrons. The summed E-state index contributed by atoms with van der Waals surface area (Å²) in [7, 11) is 0. The fourth-order valence-corrected chi connectivity index (χ4v) is 5.10. The third-order valence-corrected chi connectivity index (χ3v) is 6.58. The van der Waals surface area contributed by atoms with Crippen LogP contribution in [-0.2, 0) is 17.9 Å². The van der Waals surface area contributed by atoms with Gasteiger partial charge in [-0.2, -0.15) is 0 Å². The number of halogens is 1. The molecule has 1 atom stereocenters. The molecule has 0 spiro atoms. The minimum absolute atomic E-state index is 0.331. The van der Waals surface area contributed by atoms with E-state index in [4.69, 9.17) is 21.3 Å². The first kappa shape index (κ1) is 19.6. The van der Waals surface area contributed by atoms with Crippen molar-refractivity contribution in [1.82, 2.24) is 20.3 Å². The molecule has 30 heavy (non-hydrogen) atoms. The maximum absolute atomic E-state index is 6.22. The number of pyridine rings is 1. The van der Waals surface area contributed by atoms with Gasteiger partial charge in [-0.05, 0) is 38.1 Å². The molecule has 0 fully saturated rings. The fraction of sp³-hybridized carbons (Fsp3) is 0.318. The summed E-state index contributed by atoms with van der Waals surface area (Å²) < 4.78 is 6.70. The van der Waals surface area contributed by atoms with Gasteiger partial charge < -0.3 is 15.4 Å². The molecule has 6 nitrogen and oxygen atoms in total. The smallest absolute Gasteiger partial charge is 0.156 e. The Hall–Kier alpha value is -2.32. The van der Waals surface area contributed by atoms with Gasteiger partial charge in [0.1, 0.15) is 11.8 Å². The van der Waals surface area contributed by atoms with Crippen LogP contribution >= 0.6 is 22.9 Å². The zero-order valence-corrected chi connectivity index (χ0v) is 18.4. The third kappa shape index (κ3) is 3.63. The van der Waals surface area contributed by atoms with Crippen molar-refractivity contribution in [2.45, 2.75) is 33.0 Å². The number of ether oxygens (including phenoxy) is 1. The van der Waals surface area contributed by atoms with E-state index in [0.717, 1.165) is 29.7 Å². The molecule has 4 aromatic rings. The van der Waals surface area contributed by atoms with Crippen LogP contribution in [0.2, 0.25) is 5.15 Å². The summed E-state index contributed by atoms with van der Waals surface area (Å²) in [6.45, 7) is 6.86. The molecule has 1 aliphatic heterocycles. The summed E-state index contributed by atoms with van der Waals surface area (Å²) >= 11 is 8.06. The summed E-state index contributed by atoms with van der Waals surface area (Å²) in [6, 6.07) is 10.6. The first-order chi connectivity index (χ1) is 14.6. The van der Waals surface area contributed by atoms with Gasteiger partial charge in [0, 0.05) is 52.2 Å². The van der Waals surface area contributed by atoms with E-state index in [-0.39, 0.29) is 0 Å². The summed E-state index contributed by atoms with van der Waals surface area (Å²) in [5.74, 6) is 0.561. The van der Waals surface area contributed by atoms with Gasteiger partial charge in [-0.3, -0.25) is 0 Å². The molecule has 8 heteroatoms. The minimum Gasteiger partial charge on any atom is -0.382 e. The Morgan fingerprint density at radius 2 is 2.07 bits per heavy atom. The lowest BCUT2D eigenvalue weighted by Crippen LogP contribution is -2.29. The van der Waals surface area contributed by atoms with Gasteiger partial charge >= 0.3 is 0 Å². The fourth-order valence-electron chi connectivity index (χ4n) is 3.75. The van der Waals surface area contributed by atoms with Crippen molar-refractivity contribution in [2.75, 3.05) is 18.5 Å². The molecule has 4 heterocycles. The van der Waals surface area contributed by atoms with Crippen LogP contribution in [0.3, 0.4) is 0 Å². The van der Waals surface area contributed by atoms with Crippen LogP contribution < -0.4 is 10.6 Å². The van der Waals surface area contributed by atoms with Crippen LogP contribution in [0.15, 0.2) is 30.3 Å². The van der Waals surface area contributed by atoms with Crippen molar-refractivity contribution in [3.05, 3.63) is 46.2 Å².